The minimum atomic E-state index is -1.38. The quantitative estimate of drug-likeness (QED) is 0.387. The van der Waals surface area contributed by atoms with E-state index in [1.165, 1.54) is 35.4 Å². The summed E-state index contributed by atoms with van der Waals surface area (Å²) in [6.07, 6.45) is -0.123. The molecule has 0 aliphatic carbocycles. The third-order valence-corrected chi connectivity index (χ3v) is 3.28. The van der Waals surface area contributed by atoms with E-state index >= 15 is 0 Å². The lowest BCUT2D eigenvalue weighted by atomic mass is 9.76. The van der Waals surface area contributed by atoms with E-state index in [-0.39, 0.29) is 5.92 Å². The van der Waals surface area contributed by atoms with Crippen molar-refractivity contribution in [1.82, 2.24) is 0 Å². The zero-order chi connectivity index (χ0) is 14.3. The van der Waals surface area contributed by atoms with Gasteiger partial charge in [0.1, 0.15) is 0 Å². The summed E-state index contributed by atoms with van der Waals surface area (Å²) >= 11 is 0. The Balaban J connectivity index is 5.08. The molecule has 0 aromatic heterocycles. The maximum absolute atomic E-state index is 11.8. The summed E-state index contributed by atoms with van der Waals surface area (Å²) in [5.41, 5.74) is -1.38. The number of carbonyl (C=O) groups excluding carboxylic acids is 2. The monoisotopic (exact) mass is 262 g/mol. The van der Waals surface area contributed by atoms with Crippen LogP contribution in [0.4, 0.5) is 0 Å². The highest BCUT2D eigenvalue weighted by atomic mass is 16.7. The van der Waals surface area contributed by atoms with Crippen LogP contribution in [0.5, 0.6) is 0 Å². The molecule has 0 aromatic rings. The van der Waals surface area contributed by atoms with Crippen LogP contribution in [0.15, 0.2) is 0 Å². The summed E-state index contributed by atoms with van der Waals surface area (Å²) in [6.45, 7) is 3.25. The Bertz CT molecular complexity index is 268. The Morgan fingerprint density at radius 1 is 1.00 bits per heavy atom. The molecule has 0 aliphatic heterocycles. The van der Waals surface area contributed by atoms with Gasteiger partial charge in [-0.05, 0) is 12.8 Å². The van der Waals surface area contributed by atoms with Crippen molar-refractivity contribution < 1.29 is 28.5 Å². The zero-order valence-corrected chi connectivity index (χ0v) is 11.8. The van der Waals surface area contributed by atoms with Crippen LogP contribution >= 0.6 is 0 Å². The molecule has 1 atom stereocenters. The second-order valence-electron chi connectivity index (χ2n) is 4.22. The Kier molecular flexibility index (Phi) is 6.86. The molecule has 106 valence electrons. The van der Waals surface area contributed by atoms with Crippen molar-refractivity contribution in [1.29, 1.82) is 0 Å². The molecule has 6 heteroatoms. The first-order valence-electron chi connectivity index (χ1n) is 5.60. The van der Waals surface area contributed by atoms with E-state index in [9.17, 15) is 9.59 Å². The van der Waals surface area contributed by atoms with Gasteiger partial charge in [0, 0.05) is 20.6 Å². The van der Waals surface area contributed by atoms with Gasteiger partial charge in [-0.2, -0.15) is 0 Å². The summed E-state index contributed by atoms with van der Waals surface area (Å²) in [4.78, 5) is 23.7. The molecule has 0 N–H and O–H groups in total. The molecule has 0 bridgehead atoms. The zero-order valence-electron chi connectivity index (χ0n) is 11.8. The minimum absolute atomic E-state index is 0.359. The van der Waals surface area contributed by atoms with Crippen LogP contribution < -0.4 is 0 Å². The molecular formula is C12H22O6. The Morgan fingerprint density at radius 2 is 1.39 bits per heavy atom. The Morgan fingerprint density at radius 3 is 1.67 bits per heavy atom. The maximum atomic E-state index is 11.8. The van der Waals surface area contributed by atoms with E-state index in [4.69, 9.17) is 9.47 Å². The lowest BCUT2D eigenvalue weighted by Gasteiger charge is -2.31. The van der Waals surface area contributed by atoms with Crippen LogP contribution in [0, 0.1) is 11.3 Å². The van der Waals surface area contributed by atoms with Gasteiger partial charge in [0.05, 0.1) is 14.2 Å². The number of ether oxygens (including phenoxy) is 4. The predicted molar refractivity (Wildman–Crippen MR) is 63.7 cm³/mol. The van der Waals surface area contributed by atoms with Gasteiger partial charge >= 0.3 is 11.9 Å². The van der Waals surface area contributed by atoms with Crippen LogP contribution in [0.3, 0.4) is 0 Å². The summed E-state index contributed by atoms with van der Waals surface area (Å²) in [6, 6.07) is 0. The average Bonchev–Trinajstić information content (AvgIpc) is 2.41. The molecular weight excluding hydrogens is 240 g/mol. The van der Waals surface area contributed by atoms with Gasteiger partial charge in [-0.1, -0.05) is 6.92 Å². The number of rotatable bonds is 7. The van der Waals surface area contributed by atoms with Crippen molar-refractivity contribution in [2.75, 3.05) is 28.4 Å². The molecule has 0 amide bonds. The third-order valence-electron chi connectivity index (χ3n) is 3.28. The lowest BCUT2D eigenvalue weighted by molar-refractivity contribution is -0.176. The van der Waals surface area contributed by atoms with E-state index in [0.29, 0.717) is 6.42 Å². The molecule has 0 saturated heterocycles. The number of carbonyl (C=O) groups is 2. The van der Waals surface area contributed by atoms with Gasteiger partial charge in [-0.3, -0.25) is 9.59 Å². The molecule has 0 heterocycles. The normalized spacial score (nSPS) is 13.3. The van der Waals surface area contributed by atoms with Crippen molar-refractivity contribution in [3.05, 3.63) is 0 Å². The van der Waals surface area contributed by atoms with Gasteiger partial charge < -0.3 is 18.9 Å². The predicted octanol–water partition coefficient (Wildman–Crippen LogP) is 0.984. The van der Waals surface area contributed by atoms with Crippen LogP contribution in [0.25, 0.3) is 0 Å². The lowest BCUT2D eigenvalue weighted by Crippen LogP contribution is -2.45. The number of esters is 2. The molecule has 18 heavy (non-hydrogen) atoms. The van der Waals surface area contributed by atoms with E-state index in [1.54, 1.807) is 6.92 Å². The first-order valence-corrected chi connectivity index (χ1v) is 5.60. The molecule has 0 rings (SSSR count). The van der Waals surface area contributed by atoms with E-state index in [0.717, 1.165) is 0 Å². The highest BCUT2D eigenvalue weighted by Crippen LogP contribution is 2.34. The first-order chi connectivity index (χ1) is 8.38. The molecule has 0 fully saturated rings. The molecule has 0 radical (unpaired) electrons. The molecule has 0 spiro atoms. The van der Waals surface area contributed by atoms with Gasteiger partial charge in [0.15, 0.2) is 11.7 Å². The summed E-state index contributed by atoms with van der Waals surface area (Å²) in [5, 5.41) is 0. The summed E-state index contributed by atoms with van der Waals surface area (Å²) in [7, 11) is 5.46. The first kappa shape index (κ1) is 16.9. The van der Waals surface area contributed by atoms with Crippen LogP contribution in [0.2, 0.25) is 0 Å². The van der Waals surface area contributed by atoms with Crippen molar-refractivity contribution in [2.45, 2.75) is 26.6 Å². The molecule has 0 aliphatic rings. The highest BCUT2D eigenvalue weighted by molar-refractivity contribution is 5.99. The molecule has 6 nitrogen and oxygen atoms in total. The van der Waals surface area contributed by atoms with E-state index < -0.39 is 23.6 Å². The van der Waals surface area contributed by atoms with Crippen molar-refractivity contribution in [3.63, 3.8) is 0 Å². The Hall–Kier alpha value is -1.14. The summed E-state index contributed by atoms with van der Waals surface area (Å²) in [5.74, 6) is -1.62. The van der Waals surface area contributed by atoms with Crippen molar-refractivity contribution in [3.8, 4) is 0 Å². The number of hydrogen-bond acceptors (Lipinski definition) is 6. The van der Waals surface area contributed by atoms with Gasteiger partial charge in [-0.25, -0.2) is 0 Å². The van der Waals surface area contributed by atoms with Crippen molar-refractivity contribution >= 4 is 11.9 Å². The second kappa shape index (κ2) is 7.33. The van der Waals surface area contributed by atoms with Gasteiger partial charge in [0.25, 0.3) is 0 Å². The standard InChI is InChI=1S/C12H22O6/c1-8(7-9(15-3)16-4)12(2,10(13)17-5)11(14)18-6/h8-9H,7H2,1-6H3/t8-/m0/s1. The van der Waals surface area contributed by atoms with E-state index in [2.05, 4.69) is 9.47 Å². The van der Waals surface area contributed by atoms with Crippen LogP contribution in [0.1, 0.15) is 20.3 Å². The fraction of sp³-hybridized carbons (Fsp3) is 0.833. The van der Waals surface area contributed by atoms with Gasteiger partial charge in [-0.15, -0.1) is 0 Å². The summed E-state index contributed by atoms with van der Waals surface area (Å²) < 4.78 is 19.5. The SMILES string of the molecule is COC(=O)C(C)(C(=O)OC)[C@@H](C)CC(OC)OC. The average molecular weight is 262 g/mol. The topological polar surface area (TPSA) is 71.1 Å². The number of hydrogen-bond donors (Lipinski definition) is 0. The largest absolute Gasteiger partial charge is 0.468 e. The van der Waals surface area contributed by atoms with Gasteiger partial charge in [0.2, 0.25) is 0 Å². The smallest absolute Gasteiger partial charge is 0.323 e. The second-order valence-corrected chi connectivity index (χ2v) is 4.22. The van der Waals surface area contributed by atoms with Crippen molar-refractivity contribution in [2.24, 2.45) is 11.3 Å². The maximum Gasteiger partial charge on any atom is 0.323 e. The fourth-order valence-corrected chi connectivity index (χ4v) is 1.72. The highest BCUT2D eigenvalue weighted by Gasteiger charge is 2.49. The Labute approximate surface area is 108 Å². The number of methoxy groups -OCH3 is 4. The fourth-order valence-electron chi connectivity index (χ4n) is 1.72. The van der Waals surface area contributed by atoms with Crippen LogP contribution in [-0.4, -0.2) is 46.7 Å². The molecule has 0 saturated carbocycles. The van der Waals surface area contributed by atoms with Crippen LogP contribution in [-0.2, 0) is 28.5 Å². The molecule has 0 unspecified atom stereocenters. The third kappa shape index (κ3) is 3.43. The van der Waals surface area contributed by atoms with E-state index in [1.807, 2.05) is 0 Å². The minimum Gasteiger partial charge on any atom is -0.468 e. The molecule has 0 aromatic carbocycles.